The van der Waals surface area contributed by atoms with Crippen LogP contribution in [-0.4, -0.2) is 53.0 Å². The van der Waals surface area contributed by atoms with Crippen molar-refractivity contribution in [2.24, 2.45) is 0 Å². The van der Waals surface area contributed by atoms with Gasteiger partial charge in [0.15, 0.2) is 0 Å². The molecule has 0 saturated carbocycles. The van der Waals surface area contributed by atoms with E-state index in [1.807, 2.05) is 24.4 Å². The predicted octanol–water partition coefficient (Wildman–Crippen LogP) is 3.05. The van der Waals surface area contributed by atoms with Crippen LogP contribution >= 0.6 is 11.3 Å². The number of hydrogen-bond acceptors (Lipinski definition) is 5. The van der Waals surface area contributed by atoms with Crippen LogP contribution in [0.1, 0.15) is 29.3 Å². The Morgan fingerprint density at radius 3 is 3.08 bits per heavy atom. The summed E-state index contributed by atoms with van der Waals surface area (Å²) in [5, 5.41) is 3.05. The first kappa shape index (κ1) is 18.1. The van der Waals surface area contributed by atoms with Gasteiger partial charge in [0, 0.05) is 50.9 Å². The number of likely N-dealkylation sites (tertiary alicyclic amines) is 1. The topological polar surface area (TPSA) is 49.6 Å². The third kappa shape index (κ3) is 4.89. The standard InChI is InChI=1S/C18H24FN3O2S/c1-13-20-15(12-25-13)10-22-9-14(19)8-16(22)11-21(2)18(23)6-5-17-4-3-7-24-17/h3-4,7,12,14,16H,5-6,8-11H2,1-2H3/t14-,16-/m0/s1. The normalized spacial score (nSPS) is 20.9. The van der Waals surface area contributed by atoms with Gasteiger partial charge >= 0.3 is 0 Å². The van der Waals surface area contributed by atoms with Crippen molar-refractivity contribution in [3.63, 3.8) is 0 Å². The predicted molar refractivity (Wildman–Crippen MR) is 95.2 cm³/mol. The Balaban J connectivity index is 1.52. The van der Waals surface area contributed by atoms with Gasteiger partial charge in [-0.2, -0.15) is 0 Å². The van der Waals surface area contributed by atoms with E-state index in [0.717, 1.165) is 16.5 Å². The van der Waals surface area contributed by atoms with Crippen LogP contribution in [0, 0.1) is 6.92 Å². The number of carbonyl (C=O) groups is 1. The molecule has 5 nitrogen and oxygen atoms in total. The zero-order valence-electron chi connectivity index (χ0n) is 14.7. The van der Waals surface area contributed by atoms with Gasteiger partial charge in [-0.1, -0.05) is 0 Å². The van der Waals surface area contributed by atoms with Crippen molar-refractivity contribution in [2.75, 3.05) is 20.1 Å². The van der Waals surface area contributed by atoms with Crippen LogP contribution in [0.3, 0.4) is 0 Å². The number of thiazole rings is 1. The maximum atomic E-state index is 13.9. The van der Waals surface area contributed by atoms with Gasteiger partial charge in [0.05, 0.1) is 17.0 Å². The minimum atomic E-state index is -0.837. The quantitative estimate of drug-likeness (QED) is 0.757. The highest BCUT2D eigenvalue weighted by molar-refractivity contribution is 7.09. The maximum absolute atomic E-state index is 13.9. The molecule has 3 heterocycles. The zero-order chi connectivity index (χ0) is 17.8. The molecule has 25 heavy (non-hydrogen) atoms. The van der Waals surface area contributed by atoms with E-state index in [2.05, 4.69) is 9.88 Å². The van der Waals surface area contributed by atoms with Gasteiger partial charge in [-0.3, -0.25) is 9.69 Å². The molecule has 0 bridgehead atoms. The van der Waals surface area contributed by atoms with E-state index >= 15 is 0 Å². The lowest BCUT2D eigenvalue weighted by Gasteiger charge is -2.28. The highest BCUT2D eigenvalue weighted by Gasteiger charge is 2.33. The molecular weight excluding hydrogens is 341 g/mol. The second-order valence-electron chi connectivity index (χ2n) is 6.63. The summed E-state index contributed by atoms with van der Waals surface area (Å²) in [5.41, 5.74) is 0.980. The lowest BCUT2D eigenvalue weighted by atomic mass is 10.1. The number of rotatable bonds is 7. The molecule has 1 amide bonds. The molecule has 0 spiro atoms. The molecule has 7 heteroatoms. The summed E-state index contributed by atoms with van der Waals surface area (Å²) in [5.74, 6) is 0.870. The van der Waals surface area contributed by atoms with E-state index in [0.29, 0.717) is 38.9 Å². The summed E-state index contributed by atoms with van der Waals surface area (Å²) in [6, 6.07) is 3.73. The molecule has 1 saturated heterocycles. The van der Waals surface area contributed by atoms with Gasteiger partial charge in [0.2, 0.25) is 5.91 Å². The maximum Gasteiger partial charge on any atom is 0.222 e. The summed E-state index contributed by atoms with van der Waals surface area (Å²) in [6.45, 7) is 3.57. The number of likely N-dealkylation sites (N-methyl/N-ethyl adjacent to an activating group) is 1. The number of aromatic nitrogens is 1. The van der Waals surface area contributed by atoms with Crippen molar-refractivity contribution < 1.29 is 13.6 Å². The van der Waals surface area contributed by atoms with Crippen LogP contribution in [0.4, 0.5) is 4.39 Å². The summed E-state index contributed by atoms with van der Waals surface area (Å²) in [7, 11) is 1.79. The first-order valence-corrected chi connectivity index (χ1v) is 9.44. The highest BCUT2D eigenvalue weighted by atomic mass is 32.1. The van der Waals surface area contributed by atoms with Crippen LogP contribution < -0.4 is 0 Å². The van der Waals surface area contributed by atoms with Gasteiger partial charge in [-0.05, 0) is 25.5 Å². The van der Waals surface area contributed by atoms with E-state index in [1.54, 1.807) is 29.5 Å². The van der Waals surface area contributed by atoms with Crippen molar-refractivity contribution in [3.05, 3.63) is 40.2 Å². The number of hydrogen-bond donors (Lipinski definition) is 0. The van der Waals surface area contributed by atoms with Gasteiger partial charge < -0.3 is 9.32 Å². The van der Waals surface area contributed by atoms with Crippen LogP contribution in [-0.2, 0) is 17.8 Å². The summed E-state index contributed by atoms with van der Waals surface area (Å²) < 4.78 is 19.2. The Hall–Kier alpha value is -1.73. The second-order valence-corrected chi connectivity index (χ2v) is 7.69. The van der Waals surface area contributed by atoms with Gasteiger partial charge in [-0.15, -0.1) is 11.3 Å². The largest absolute Gasteiger partial charge is 0.469 e. The average molecular weight is 365 g/mol. The van der Waals surface area contributed by atoms with Crippen molar-refractivity contribution in [1.82, 2.24) is 14.8 Å². The second kappa shape index (κ2) is 8.10. The fraction of sp³-hybridized carbons (Fsp3) is 0.556. The monoisotopic (exact) mass is 365 g/mol. The first-order chi connectivity index (χ1) is 12.0. The highest BCUT2D eigenvalue weighted by Crippen LogP contribution is 2.24. The molecule has 0 aliphatic carbocycles. The van der Waals surface area contributed by atoms with Gasteiger partial charge in [-0.25, -0.2) is 9.37 Å². The lowest BCUT2D eigenvalue weighted by molar-refractivity contribution is -0.130. The molecular formula is C18H24FN3O2S. The molecule has 136 valence electrons. The van der Waals surface area contributed by atoms with Crippen molar-refractivity contribution in [3.8, 4) is 0 Å². The minimum Gasteiger partial charge on any atom is -0.469 e. The number of halogens is 1. The molecule has 2 atom stereocenters. The Kier molecular flexibility index (Phi) is 5.86. The molecule has 1 aliphatic rings. The Bertz CT molecular complexity index is 688. The molecule has 0 radical (unpaired) electrons. The Labute approximate surface area is 151 Å². The fourth-order valence-electron chi connectivity index (χ4n) is 3.29. The average Bonchev–Trinajstić information content (AvgIpc) is 3.29. The summed E-state index contributed by atoms with van der Waals surface area (Å²) >= 11 is 1.61. The third-order valence-corrected chi connectivity index (χ3v) is 5.41. The molecule has 2 aromatic heterocycles. The molecule has 0 unspecified atom stereocenters. The summed E-state index contributed by atoms with van der Waals surface area (Å²) in [6.07, 6.45) is 2.24. The van der Waals surface area contributed by atoms with Crippen LogP contribution in [0.5, 0.6) is 0 Å². The molecule has 0 N–H and O–H groups in total. The van der Waals surface area contributed by atoms with E-state index in [1.165, 1.54) is 0 Å². The van der Waals surface area contributed by atoms with Crippen LogP contribution in [0.15, 0.2) is 28.2 Å². The number of furan rings is 1. The SMILES string of the molecule is Cc1nc(CN2C[C@@H](F)C[C@H]2CN(C)C(=O)CCc2ccco2)cs1. The lowest BCUT2D eigenvalue weighted by Crippen LogP contribution is -2.41. The number of carbonyl (C=O) groups excluding carboxylic acids is 1. The molecule has 0 aromatic carbocycles. The smallest absolute Gasteiger partial charge is 0.222 e. The Morgan fingerprint density at radius 2 is 2.40 bits per heavy atom. The minimum absolute atomic E-state index is 0.0366. The van der Waals surface area contributed by atoms with E-state index in [4.69, 9.17) is 4.42 Å². The van der Waals surface area contributed by atoms with E-state index < -0.39 is 6.17 Å². The Morgan fingerprint density at radius 1 is 1.56 bits per heavy atom. The summed E-state index contributed by atoms with van der Waals surface area (Å²) in [4.78, 5) is 20.6. The number of nitrogens with zero attached hydrogens (tertiary/aromatic N) is 3. The number of amides is 1. The van der Waals surface area contributed by atoms with Crippen molar-refractivity contribution >= 4 is 17.2 Å². The molecule has 1 aliphatic heterocycles. The fourth-order valence-corrected chi connectivity index (χ4v) is 3.89. The van der Waals surface area contributed by atoms with Crippen LogP contribution in [0.2, 0.25) is 0 Å². The molecule has 2 aromatic rings. The third-order valence-electron chi connectivity index (χ3n) is 4.58. The molecule has 3 rings (SSSR count). The van der Waals surface area contributed by atoms with Crippen molar-refractivity contribution in [2.45, 2.75) is 44.9 Å². The van der Waals surface area contributed by atoms with E-state index in [9.17, 15) is 9.18 Å². The first-order valence-electron chi connectivity index (χ1n) is 8.56. The zero-order valence-corrected chi connectivity index (χ0v) is 15.5. The van der Waals surface area contributed by atoms with Crippen LogP contribution in [0.25, 0.3) is 0 Å². The molecule has 1 fully saturated rings. The number of alkyl halides is 1. The van der Waals surface area contributed by atoms with E-state index in [-0.39, 0.29) is 11.9 Å². The van der Waals surface area contributed by atoms with Gasteiger partial charge in [0.1, 0.15) is 11.9 Å². The number of aryl methyl sites for hydroxylation is 2. The van der Waals surface area contributed by atoms with Crippen molar-refractivity contribution in [1.29, 1.82) is 0 Å². The van der Waals surface area contributed by atoms with Gasteiger partial charge in [0.25, 0.3) is 0 Å².